The predicted molar refractivity (Wildman–Crippen MR) is 91.3 cm³/mol. The molecule has 0 aliphatic rings. The fourth-order valence-electron chi connectivity index (χ4n) is 2.74. The Kier molecular flexibility index (Phi) is 9.57. The Hall–Kier alpha value is -1.39. The molecule has 1 atom stereocenters. The van der Waals surface area contributed by atoms with E-state index in [1.165, 1.54) is 0 Å². The Balaban J connectivity index is 2.29. The largest absolute Gasteiger partial charge is 0.508 e. The maximum Gasteiger partial charge on any atom is 0.133 e. The summed E-state index contributed by atoms with van der Waals surface area (Å²) in [6.45, 7) is 2.16. The van der Waals surface area contributed by atoms with Crippen LogP contribution >= 0.6 is 0 Å². The summed E-state index contributed by atoms with van der Waals surface area (Å²) in [5, 5.41) is 28.0. The van der Waals surface area contributed by atoms with E-state index in [1.54, 1.807) is 18.2 Å². The highest BCUT2D eigenvalue weighted by atomic mass is 16.3. The molecule has 1 aromatic rings. The maximum atomic E-state index is 12.0. The number of hydrogen-bond donors (Lipinski definition) is 3. The number of aromatic hydroxyl groups is 1. The van der Waals surface area contributed by atoms with Gasteiger partial charge in [-0.2, -0.15) is 0 Å². The van der Waals surface area contributed by atoms with E-state index in [1.807, 2.05) is 0 Å². The van der Waals surface area contributed by atoms with Gasteiger partial charge in [-0.15, -0.1) is 0 Å². The van der Waals surface area contributed by atoms with Crippen LogP contribution in [0.1, 0.15) is 63.0 Å². The van der Waals surface area contributed by atoms with Crippen LogP contribution in [0.5, 0.6) is 5.75 Å². The first-order valence-electron chi connectivity index (χ1n) is 8.64. The highest BCUT2D eigenvalue weighted by Crippen LogP contribution is 2.20. The lowest BCUT2D eigenvalue weighted by Crippen LogP contribution is -2.08. The topological polar surface area (TPSA) is 77.8 Å². The van der Waals surface area contributed by atoms with E-state index in [4.69, 9.17) is 5.11 Å². The lowest BCUT2D eigenvalue weighted by Gasteiger charge is -2.12. The number of carbonyl (C=O) groups is 1. The zero-order valence-corrected chi connectivity index (χ0v) is 14.1. The van der Waals surface area contributed by atoms with Crippen LogP contribution < -0.4 is 0 Å². The minimum atomic E-state index is -0.200. The number of phenols is 1. The fraction of sp³-hybridized carbons (Fsp3) is 0.632. The summed E-state index contributed by atoms with van der Waals surface area (Å²) in [5.74, 6) is 0.646. The molecule has 0 saturated heterocycles. The zero-order chi connectivity index (χ0) is 17.1. The minimum absolute atomic E-state index is 0.0877. The van der Waals surface area contributed by atoms with Crippen molar-refractivity contribution in [2.75, 3.05) is 6.61 Å². The normalized spacial score (nSPS) is 12.3. The number of carbonyl (C=O) groups excluding carboxylic acids is 1. The van der Waals surface area contributed by atoms with Gasteiger partial charge >= 0.3 is 0 Å². The second-order valence-electron chi connectivity index (χ2n) is 6.24. The monoisotopic (exact) mass is 322 g/mol. The van der Waals surface area contributed by atoms with Crippen molar-refractivity contribution in [2.45, 2.75) is 64.9 Å². The molecule has 4 nitrogen and oxygen atoms in total. The number of aryl methyl sites for hydroxylation is 1. The molecular formula is C19H30O4. The van der Waals surface area contributed by atoms with Gasteiger partial charge in [-0.25, -0.2) is 0 Å². The SMILES string of the molecule is CCCCC(CO)CCCC(=O)CCc1ccc(O)c(CO)c1. The fourth-order valence-corrected chi connectivity index (χ4v) is 2.74. The van der Waals surface area contributed by atoms with Gasteiger partial charge in [0, 0.05) is 25.0 Å². The molecule has 0 aliphatic carbocycles. The van der Waals surface area contributed by atoms with Gasteiger partial charge in [0.25, 0.3) is 0 Å². The summed E-state index contributed by atoms with van der Waals surface area (Å²) >= 11 is 0. The lowest BCUT2D eigenvalue weighted by molar-refractivity contribution is -0.119. The summed E-state index contributed by atoms with van der Waals surface area (Å²) in [6.07, 6.45) is 6.73. The Morgan fingerprint density at radius 3 is 2.52 bits per heavy atom. The van der Waals surface area contributed by atoms with Crippen molar-refractivity contribution in [1.82, 2.24) is 0 Å². The van der Waals surface area contributed by atoms with Crippen LogP contribution in [0.15, 0.2) is 18.2 Å². The van der Waals surface area contributed by atoms with Crippen LogP contribution in [0, 0.1) is 5.92 Å². The van der Waals surface area contributed by atoms with E-state index in [0.29, 0.717) is 30.7 Å². The smallest absolute Gasteiger partial charge is 0.133 e. The Bertz CT molecular complexity index is 470. The van der Waals surface area contributed by atoms with Gasteiger partial charge in [0.1, 0.15) is 11.5 Å². The molecule has 0 aliphatic heterocycles. The molecule has 1 rings (SSSR count). The summed E-state index contributed by atoms with van der Waals surface area (Å²) < 4.78 is 0. The quantitative estimate of drug-likeness (QED) is 0.551. The van der Waals surface area contributed by atoms with E-state index in [0.717, 1.165) is 37.7 Å². The molecule has 0 saturated carbocycles. The molecular weight excluding hydrogens is 292 g/mol. The van der Waals surface area contributed by atoms with E-state index < -0.39 is 0 Å². The standard InChI is InChI=1S/C19H30O4/c1-2-3-5-16(13-20)6-4-7-18(22)10-8-15-9-11-19(23)17(12-15)14-21/h9,11-12,16,20-21,23H,2-8,10,13-14H2,1H3. The zero-order valence-electron chi connectivity index (χ0n) is 14.1. The van der Waals surface area contributed by atoms with Gasteiger partial charge in [-0.1, -0.05) is 25.8 Å². The lowest BCUT2D eigenvalue weighted by atomic mass is 9.95. The van der Waals surface area contributed by atoms with Gasteiger partial charge in [-0.05, 0) is 49.3 Å². The number of aliphatic hydroxyl groups is 2. The van der Waals surface area contributed by atoms with Gasteiger partial charge in [0.05, 0.1) is 6.61 Å². The van der Waals surface area contributed by atoms with Gasteiger partial charge < -0.3 is 15.3 Å². The molecule has 130 valence electrons. The molecule has 0 radical (unpaired) electrons. The second kappa shape index (κ2) is 11.2. The van der Waals surface area contributed by atoms with Crippen molar-refractivity contribution in [3.8, 4) is 5.75 Å². The summed E-state index contributed by atoms with van der Waals surface area (Å²) in [5.41, 5.74) is 1.45. The minimum Gasteiger partial charge on any atom is -0.508 e. The molecule has 4 heteroatoms. The van der Waals surface area contributed by atoms with Crippen LogP contribution in [-0.2, 0) is 17.8 Å². The average Bonchev–Trinajstić information content (AvgIpc) is 2.57. The molecule has 3 N–H and O–H groups in total. The van der Waals surface area contributed by atoms with E-state index in [2.05, 4.69) is 6.92 Å². The van der Waals surface area contributed by atoms with Crippen LogP contribution in [0.2, 0.25) is 0 Å². The molecule has 0 heterocycles. The van der Waals surface area contributed by atoms with Gasteiger partial charge in [-0.3, -0.25) is 4.79 Å². The van der Waals surface area contributed by atoms with Crippen LogP contribution in [-0.4, -0.2) is 27.7 Å². The van der Waals surface area contributed by atoms with Crippen molar-refractivity contribution in [2.24, 2.45) is 5.92 Å². The highest BCUT2D eigenvalue weighted by Gasteiger charge is 2.09. The third kappa shape index (κ3) is 7.62. The number of rotatable bonds is 12. The Labute approximate surface area is 139 Å². The predicted octanol–water partition coefficient (Wildman–Crippen LogP) is 3.36. The van der Waals surface area contributed by atoms with Crippen molar-refractivity contribution in [3.63, 3.8) is 0 Å². The van der Waals surface area contributed by atoms with Gasteiger partial charge in [0.15, 0.2) is 0 Å². The van der Waals surface area contributed by atoms with Crippen LogP contribution in [0.3, 0.4) is 0 Å². The van der Waals surface area contributed by atoms with E-state index in [9.17, 15) is 15.0 Å². The molecule has 0 amide bonds. The number of aliphatic hydroxyl groups excluding tert-OH is 2. The van der Waals surface area contributed by atoms with E-state index in [-0.39, 0.29) is 24.7 Å². The highest BCUT2D eigenvalue weighted by molar-refractivity contribution is 5.78. The summed E-state index contributed by atoms with van der Waals surface area (Å²) in [4.78, 5) is 12.0. The van der Waals surface area contributed by atoms with Crippen LogP contribution in [0.25, 0.3) is 0 Å². The molecule has 1 aromatic carbocycles. The number of ketones is 1. The van der Waals surface area contributed by atoms with Crippen molar-refractivity contribution in [1.29, 1.82) is 0 Å². The third-order valence-electron chi connectivity index (χ3n) is 4.30. The molecule has 0 bridgehead atoms. The number of Topliss-reactive ketones (excluding diaryl/α,β-unsaturated/α-hetero) is 1. The molecule has 23 heavy (non-hydrogen) atoms. The van der Waals surface area contributed by atoms with Crippen LogP contribution in [0.4, 0.5) is 0 Å². The first-order chi connectivity index (χ1) is 11.1. The molecule has 0 spiro atoms. The molecule has 0 fully saturated rings. The molecule has 1 unspecified atom stereocenters. The van der Waals surface area contributed by atoms with Crippen molar-refractivity contribution in [3.05, 3.63) is 29.3 Å². The summed E-state index contributed by atoms with van der Waals surface area (Å²) in [6, 6.07) is 5.09. The van der Waals surface area contributed by atoms with E-state index >= 15 is 0 Å². The summed E-state index contributed by atoms with van der Waals surface area (Å²) in [7, 11) is 0. The first-order valence-corrected chi connectivity index (χ1v) is 8.64. The van der Waals surface area contributed by atoms with Crippen molar-refractivity contribution >= 4 is 5.78 Å². The average molecular weight is 322 g/mol. The number of unbranched alkanes of at least 4 members (excludes halogenated alkanes) is 1. The maximum absolute atomic E-state index is 12.0. The third-order valence-corrected chi connectivity index (χ3v) is 4.30. The van der Waals surface area contributed by atoms with Gasteiger partial charge in [0.2, 0.25) is 0 Å². The second-order valence-corrected chi connectivity index (χ2v) is 6.24. The number of benzene rings is 1. The Morgan fingerprint density at radius 1 is 1.13 bits per heavy atom. The molecule has 0 aromatic heterocycles. The van der Waals surface area contributed by atoms with Crippen molar-refractivity contribution < 1.29 is 20.1 Å². The first kappa shape index (κ1) is 19.7. The Morgan fingerprint density at radius 2 is 1.87 bits per heavy atom. The number of hydrogen-bond acceptors (Lipinski definition) is 4.